The summed E-state index contributed by atoms with van der Waals surface area (Å²) in [6, 6.07) is 15.2. The van der Waals surface area contributed by atoms with E-state index in [2.05, 4.69) is 15.5 Å². The molecule has 0 spiro atoms. The van der Waals surface area contributed by atoms with Crippen LogP contribution in [0.25, 0.3) is 23.0 Å². The standard InChI is InChI=1S/C20H18N4O3/c1-14-6-8-15(9-7-14)19-22-20(27-23-19)17-5-2-10-24(17)13-18(25)21-12-16-4-3-11-26-16/h2-11H,12-13H2,1H3,(H,21,25). The van der Waals surface area contributed by atoms with Crippen LogP contribution in [-0.4, -0.2) is 20.6 Å². The Hall–Kier alpha value is -3.61. The van der Waals surface area contributed by atoms with Crippen LogP contribution in [0.5, 0.6) is 0 Å². The lowest BCUT2D eigenvalue weighted by Gasteiger charge is -2.07. The average molecular weight is 362 g/mol. The number of furan rings is 1. The summed E-state index contributed by atoms with van der Waals surface area (Å²) >= 11 is 0. The number of hydrogen-bond donors (Lipinski definition) is 1. The van der Waals surface area contributed by atoms with Gasteiger partial charge in [0.1, 0.15) is 18.0 Å². The second-order valence-corrected chi connectivity index (χ2v) is 6.17. The van der Waals surface area contributed by atoms with E-state index in [0.717, 1.165) is 11.1 Å². The van der Waals surface area contributed by atoms with E-state index < -0.39 is 0 Å². The zero-order valence-electron chi connectivity index (χ0n) is 14.8. The summed E-state index contributed by atoms with van der Waals surface area (Å²) < 4.78 is 12.4. The lowest BCUT2D eigenvalue weighted by molar-refractivity contribution is -0.121. The minimum absolute atomic E-state index is 0.137. The molecule has 0 aliphatic rings. The number of hydrogen-bond acceptors (Lipinski definition) is 5. The summed E-state index contributed by atoms with van der Waals surface area (Å²) in [6.45, 7) is 2.51. The fourth-order valence-corrected chi connectivity index (χ4v) is 2.70. The molecule has 0 saturated heterocycles. The van der Waals surface area contributed by atoms with Gasteiger partial charge in [-0.3, -0.25) is 4.79 Å². The Bertz CT molecular complexity index is 1030. The van der Waals surface area contributed by atoms with Gasteiger partial charge >= 0.3 is 0 Å². The highest BCUT2D eigenvalue weighted by Gasteiger charge is 2.15. The summed E-state index contributed by atoms with van der Waals surface area (Å²) in [7, 11) is 0. The lowest BCUT2D eigenvalue weighted by Crippen LogP contribution is -2.26. The molecule has 0 bridgehead atoms. The van der Waals surface area contributed by atoms with Crippen molar-refractivity contribution in [2.24, 2.45) is 0 Å². The number of rotatable bonds is 6. The molecule has 0 fully saturated rings. The summed E-state index contributed by atoms with van der Waals surface area (Å²) in [6.07, 6.45) is 3.38. The third-order valence-electron chi connectivity index (χ3n) is 4.14. The highest BCUT2D eigenvalue weighted by molar-refractivity contribution is 5.76. The minimum atomic E-state index is -0.137. The smallest absolute Gasteiger partial charge is 0.274 e. The van der Waals surface area contributed by atoms with Gasteiger partial charge in [-0.1, -0.05) is 35.0 Å². The molecule has 27 heavy (non-hydrogen) atoms. The van der Waals surface area contributed by atoms with Crippen molar-refractivity contribution in [1.82, 2.24) is 20.0 Å². The zero-order chi connectivity index (χ0) is 18.6. The van der Waals surface area contributed by atoms with E-state index >= 15 is 0 Å². The predicted molar refractivity (Wildman–Crippen MR) is 98.5 cm³/mol. The van der Waals surface area contributed by atoms with Gasteiger partial charge in [-0.2, -0.15) is 4.98 Å². The number of carbonyl (C=O) groups is 1. The minimum Gasteiger partial charge on any atom is -0.467 e. The highest BCUT2D eigenvalue weighted by Crippen LogP contribution is 2.23. The number of nitrogens with zero attached hydrogens (tertiary/aromatic N) is 3. The maximum Gasteiger partial charge on any atom is 0.274 e. The monoisotopic (exact) mass is 362 g/mol. The SMILES string of the molecule is Cc1ccc(-c2noc(-c3cccn3CC(=O)NCc3ccco3)n2)cc1. The fraction of sp³-hybridized carbons (Fsp3) is 0.150. The van der Waals surface area contributed by atoms with E-state index in [1.54, 1.807) is 23.1 Å². The summed E-state index contributed by atoms with van der Waals surface area (Å²) in [5.41, 5.74) is 2.73. The third kappa shape index (κ3) is 3.82. The molecule has 1 N–H and O–H groups in total. The first-order valence-electron chi connectivity index (χ1n) is 8.54. The van der Waals surface area contributed by atoms with E-state index in [1.165, 1.54) is 0 Å². The normalized spacial score (nSPS) is 10.9. The van der Waals surface area contributed by atoms with Gasteiger partial charge in [0, 0.05) is 11.8 Å². The maximum absolute atomic E-state index is 12.2. The van der Waals surface area contributed by atoms with Gasteiger partial charge in [-0.05, 0) is 31.2 Å². The predicted octanol–water partition coefficient (Wildman–Crippen LogP) is 3.42. The molecule has 3 heterocycles. The third-order valence-corrected chi connectivity index (χ3v) is 4.14. The fourth-order valence-electron chi connectivity index (χ4n) is 2.70. The van der Waals surface area contributed by atoms with Crippen LogP contribution in [0, 0.1) is 6.92 Å². The molecule has 4 aromatic rings. The van der Waals surface area contributed by atoms with Crippen molar-refractivity contribution in [3.8, 4) is 23.0 Å². The van der Waals surface area contributed by atoms with Gasteiger partial charge in [-0.15, -0.1) is 0 Å². The first kappa shape index (κ1) is 16.8. The van der Waals surface area contributed by atoms with Crippen LogP contribution in [-0.2, 0) is 17.9 Å². The Labute approximate surface area is 155 Å². The molecule has 0 aliphatic heterocycles. The molecule has 1 aromatic carbocycles. The Morgan fingerprint density at radius 2 is 2.00 bits per heavy atom. The summed E-state index contributed by atoms with van der Waals surface area (Å²) in [5, 5.41) is 6.87. The van der Waals surface area contributed by atoms with Crippen molar-refractivity contribution in [3.63, 3.8) is 0 Å². The van der Waals surface area contributed by atoms with Gasteiger partial charge in [0.2, 0.25) is 11.7 Å². The molecule has 0 unspecified atom stereocenters. The van der Waals surface area contributed by atoms with Crippen LogP contribution >= 0.6 is 0 Å². The highest BCUT2D eigenvalue weighted by atomic mass is 16.5. The second kappa shape index (κ2) is 7.33. The van der Waals surface area contributed by atoms with Crippen molar-refractivity contribution >= 4 is 5.91 Å². The van der Waals surface area contributed by atoms with Crippen molar-refractivity contribution in [1.29, 1.82) is 0 Å². The van der Waals surface area contributed by atoms with Crippen LogP contribution in [0.15, 0.2) is 69.9 Å². The number of nitrogens with one attached hydrogen (secondary N) is 1. The van der Waals surface area contributed by atoms with E-state index in [9.17, 15) is 4.79 Å². The van der Waals surface area contributed by atoms with Gasteiger partial charge < -0.3 is 18.8 Å². The largest absolute Gasteiger partial charge is 0.467 e. The Kier molecular flexibility index (Phi) is 4.57. The van der Waals surface area contributed by atoms with E-state index in [-0.39, 0.29) is 12.5 Å². The molecular formula is C20H18N4O3. The quantitative estimate of drug-likeness (QED) is 0.568. The lowest BCUT2D eigenvalue weighted by atomic mass is 10.1. The second-order valence-electron chi connectivity index (χ2n) is 6.17. The van der Waals surface area contributed by atoms with Gasteiger partial charge in [-0.25, -0.2) is 0 Å². The number of aryl methyl sites for hydroxylation is 1. The van der Waals surface area contributed by atoms with Gasteiger partial charge in [0.25, 0.3) is 5.89 Å². The zero-order valence-corrected chi connectivity index (χ0v) is 14.8. The maximum atomic E-state index is 12.2. The number of benzene rings is 1. The Morgan fingerprint density at radius 3 is 2.78 bits per heavy atom. The van der Waals surface area contributed by atoms with E-state index in [1.807, 2.05) is 49.4 Å². The molecule has 7 nitrogen and oxygen atoms in total. The molecule has 4 rings (SSSR count). The molecule has 0 atom stereocenters. The number of amides is 1. The topological polar surface area (TPSA) is 86.1 Å². The van der Waals surface area contributed by atoms with Crippen molar-refractivity contribution in [2.45, 2.75) is 20.0 Å². The van der Waals surface area contributed by atoms with Crippen molar-refractivity contribution < 1.29 is 13.7 Å². The average Bonchev–Trinajstić information content (AvgIpc) is 3.42. The van der Waals surface area contributed by atoms with Crippen LogP contribution in [0.4, 0.5) is 0 Å². The first-order valence-corrected chi connectivity index (χ1v) is 8.54. The van der Waals surface area contributed by atoms with Crippen molar-refractivity contribution in [3.05, 3.63) is 72.3 Å². The molecule has 136 valence electrons. The molecule has 0 saturated carbocycles. The van der Waals surface area contributed by atoms with E-state index in [0.29, 0.717) is 29.7 Å². The van der Waals surface area contributed by atoms with Crippen molar-refractivity contribution in [2.75, 3.05) is 0 Å². The van der Waals surface area contributed by atoms with Gasteiger partial charge in [0.05, 0.1) is 12.8 Å². The summed E-state index contributed by atoms with van der Waals surface area (Å²) in [4.78, 5) is 16.7. The molecule has 0 radical (unpaired) electrons. The van der Waals surface area contributed by atoms with Crippen LogP contribution in [0.1, 0.15) is 11.3 Å². The number of carbonyl (C=O) groups excluding carboxylic acids is 1. The molecule has 3 aromatic heterocycles. The number of aromatic nitrogens is 3. The van der Waals surface area contributed by atoms with Crippen LogP contribution < -0.4 is 5.32 Å². The van der Waals surface area contributed by atoms with E-state index in [4.69, 9.17) is 8.94 Å². The Morgan fingerprint density at radius 1 is 1.15 bits per heavy atom. The summed E-state index contributed by atoms with van der Waals surface area (Å²) in [5.74, 6) is 1.45. The molecule has 1 amide bonds. The van der Waals surface area contributed by atoms with Crippen LogP contribution in [0.2, 0.25) is 0 Å². The Balaban J connectivity index is 1.47. The molecule has 7 heteroatoms. The molecule has 0 aliphatic carbocycles. The van der Waals surface area contributed by atoms with Gasteiger partial charge in [0.15, 0.2) is 0 Å². The molecular weight excluding hydrogens is 344 g/mol. The first-order chi connectivity index (χ1) is 13.2. The van der Waals surface area contributed by atoms with Crippen LogP contribution in [0.3, 0.4) is 0 Å².